The van der Waals surface area contributed by atoms with Crippen molar-refractivity contribution in [1.29, 1.82) is 0 Å². The minimum absolute atomic E-state index is 0.0233. The summed E-state index contributed by atoms with van der Waals surface area (Å²) in [5.74, 6) is 0.130. The van der Waals surface area contributed by atoms with Gasteiger partial charge in [0, 0.05) is 24.0 Å². The van der Waals surface area contributed by atoms with Gasteiger partial charge in [-0.1, -0.05) is 48.3 Å². The van der Waals surface area contributed by atoms with E-state index in [0.717, 1.165) is 16.5 Å². The van der Waals surface area contributed by atoms with Gasteiger partial charge in [-0.25, -0.2) is 0 Å². The largest absolute Gasteiger partial charge is 0.344 e. The molecule has 2 rings (SSSR count). The van der Waals surface area contributed by atoms with Crippen LogP contribution >= 0.6 is 15.9 Å². The van der Waals surface area contributed by atoms with Gasteiger partial charge in [0.05, 0.1) is 0 Å². The zero-order valence-electron chi connectivity index (χ0n) is 12.4. The zero-order valence-corrected chi connectivity index (χ0v) is 14.0. The summed E-state index contributed by atoms with van der Waals surface area (Å²) in [5.41, 5.74) is 1.06. The second kappa shape index (κ2) is 7.07. The van der Waals surface area contributed by atoms with Crippen LogP contribution in [0.4, 0.5) is 0 Å². The van der Waals surface area contributed by atoms with Crippen LogP contribution in [0.15, 0.2) is 28.7 Å². The van der Waals surface area contributed by atoms with Crippen LogP contribution in [0.1, 0.15) is 32.3 Å². The molecule has 0 radical (unpaired) electrons. The highest BCUT2D eigenvalue weighted by molar-refractivity contribution is 9.10. The Bertz CT molecular complexity index is 533. The number of amides is 2. The highest BCUT2D eigenvalue weighted by Crippen LogP contribution is 2.18. The normalized spacial score (nSPS) is 20.9. The Morgan fingerprint density at radius 2 is 2.19 bits per heavy atom. The average molecular weight is 353 g/mol. The van der Waals surface area contributed by atoms with E-state index >= 15 is 0 Å². The lowest BCUT2D eigenvalue weighted by Crippen LogP contribution is -2.48. The number of nitrogens with one attached hydrogen (secondary N) is 1. The summed E-state index contributed by atoms with van der Waals surface area (Å²) in [6, 6.07) is 7.51. The van der Waals surface area contributed by atoms with Crippen LogP contribution in [0.2, 0.25) is 0 Å². The number of nitrogens with zero attached hydrogens (tertiary/aromatic N) is 1. The highest BCUT2D eigenvalue weighted by atomic mass is 79.9. The molecule has 1 N–H and O–H groups in total. The van der Waals surface area contributed by atoms with Crippen molar-refractivity contribution in [2.24, 2.45) is 5.92 Å². The van der Waals surface area contributed by atoms with E-state index in [1.165, 1.54) is 0 Å². The van der Waals surface area contributed by atoms with E-state index in [-0.39, 0.29) is 17.7 Å². The lowest BCUT2D eigenvalue weighted by molar-refractivity contribution is -0.135. The number of halogens is 1. The maximum absolute atomic E-state index is 12.7. The summed E-state index contributed by atoms with van der Waals surface area (Å²) in [7, 11) is 0. The first-order chi connectivity index (χ1) is 10.0. The second-order valence-electron chi connectivity index (χ2n) is 5.57. The van der Waals surface area contributed by atoms with Crippen LogP contribution in [0.3, 0.4) is 0 Å². The molecule has 0 bridgehead atoms. The Kier molecular flexibility index (Phi) is 5.39. The topological polar surface area (TPSA) is 49.4 Å². The summed E-state index contributed by atoms with van der Waals surface area (Å²) in [5, 5.41) is 2.87. The Morgan fingerprint density at radius 3 is 2.86 bits per heavy atom. The van der Waals surface area contributed by atoms with E-state index in [9.17, 15) is 9.59 Å². The van der Waals surface area contributed by atoms with E-state index in [0.29, 0.717) is 19.5 Å². The standard InChI is InChI=1S/C16H21BrN2O2/c1-3-11(2)15-16(21)19(8-7-14(20)18-15)10-12-5-4-6-13(17)9-12/h4-6,9,11,15H,3,7-8,10H2,1-2H3,(H,18,20). The van der Waals surface area contributed by atoms with E-state index in [1.807, 2.05) is 38.1 Å². The predicted octanol–water partition coefficient (Wildman–Crippen LogP) is 2.71. The van der Waals surface area contributed by atoms with Crippen LogP contribution in [-0.2, 0) is 16.1 Å². The summed E-state index contributed by atoms with van der Waals surface area (Å²) in [4.78, 5) is 26.3. The monoisotopic (exact) mass is 352 g/mol. The minimum Gasteiger partial charge on any atom is -0.344 e. The second-order valence-corrected chi connectivity index (χ2v) is 6.49. The number of hydrogen-bond donors (Lipinski definition) is 1. The average Bonchev–Trinajstić information content (AvgIpc) is 2.60. The molecule has 2 amide bonds. The number of benzene rings is 1. The summed E-state index contributed by atoms with van der Waals surface area (Å²) in [6.45, 7) is 5.06. The molecule has 2 unspecified atom stereocenters. The number of carbonyl (C=O) groups is 2. The molecule has 0 aromatic heterocycles. The van der Waals surface area contributed by atoms with Crippen LogP contribution in [0.25, 0.3) is 0 Å². The molecule has 21 heavy (non-hydrogen) atoms. The highest BCUT2D eigenvalue weighted by Gasteiger charge is 2.32. The van der Waals surface area contributed by atoms with Crippen LogP contribution in [0, 0.1) is 5.92 Å². The first-order valence-corrected chi connectivity index (χ1v) is 8.13. The lowest BCUT2D eigenvalue weighted by Gasteiger charge is -2.27. The molecular weight excluding hydrogens is 332 g/mol. The molecule has 1 saturated heterocycles. The third-order valence-electron chi connectivity index (χ3n) is 3.98. The van der Waals surface area contributed by atoms with Crippen molar-refractivity contribution in [3.8, 4) is 0 Å². The first-order valence-electron chi connectivity index (χ1n) is 7.34. The Morgan fingerprint density at radius 1 is 1.43 bits per heavy atom. The van der Waals surface area contributed by atoms with E-state index in [1.54, 1.807) is 4.90 Å². The van der Waals surface area contributed by atoms with Crippen molar-refractivity contribution in [2.45, 2.75) is 39.3 Å². The smallest absolute Gasteiger partial charge is 0.245 e. The SMILES string of the molecule is CCC(C)C1NC(=O)CCN(Cc2cccc(Br)c2)C1=O. The molecule has 0 aliphatic carbocycles. The first kappa shape index (κ1) is 16.0. The van der Waals surface area contributed by atoms with Gasteiger partial charge in [0.15, 0.2) is 0 Å². The molecule has 114 valence electrons. The zero-order chi connectivity index (χ0) is 15.4. The molecule has 2 atom stereocenters. The van der Waals surface area contributed by atoms with Crippen molar-refractivity contribution in [1.82, 2.24) is 10.2 Å². The van der Waals surface area contributed by atoms with E-state index in [2.05, 4.69) is 21.2 Å². The van der Waals surface area contributed by atoms with Crippen LogP contribution in [-0.4, -0.2) is 29.3 Å². The van der Waals surface area contributed by atoms with Gasteiger partial charge >= 0.3 is 0 Å². The third kappa shape index (κ3) is 4.06. The molecule has 4 nitrogen and oxygen atoms in total. The molecule has 1 aliphatic heterocycles. The predicted molar refractivity (Wildman–Crippen MR) is 85.6 cm³/mol. The fourth-order valence-corrected chi connectivity index (χ4v) is 2.93. The summed E-state index contributed by atoms with van der Waals surface area (Å²) >= 11 is 3.44. The van der Waals surface area contributed by atoms with Gasteiger partial charge in [0.1, 0.15) is 6.04 Å². The molecule has 5 heteroatoms. The lowest BCUT2D eigenvalue weighted by atomic mass is 9.98. The number of rotatable bonds is 4. The maximum atomic E-state index is 12.7. The molecular formula is C16H21BrN2O2. The Balaban J connectivity index is 2.17. The van der Waals surface area contributed by atoms with E-state index in [4.69, 9.17) is 0 Å². The molecule has 1 aromatic carbocycles. The van der Waals surface area contributed by atoms with Gasteiger partial charge in [0.2, 0.25) is 11.8 Å². The number of carbonyl (C=O) groups excluding carboxylic acids is 2. The van der Waals surface area contributed by atoms with Gasteiger partial charge in [-0.15, -0.1) is 0 Å². The quantitative estimate of drug-likeness (QED) is 0.905. The van der Waals surface area contributed by atoms with Crippen molar-refractivity contribution in [3.63, 3.8) is 0 Å². The van der Waals surface area contributed by atoms with Gasteiger partial charge in [-0.05, 0) is 23.6 Å². The van der Waals surface area contributed by atoms with Crippen molar-refractivity contribution >= 4 is 27.7 Å². The molecule has 1 aliphatic rings. The van der Waals surface area contributed by atoms with E-state index < -0.39 is 6.04 Å². The van der Waals surface area contributed by atoms with Gasteiger partial charge < -0.3 is 10.2 Å². The van der Waals surface area contributed by atoms with Crippen LogP contribution in [0.5, 0.6) is 0 Å². The van der Waals surface area contributed by atoms with Crippen molar-refractivity contribution < 1.29 is 9.59 Å². The summed E-state index contributed by atoms with van der Waals surface area (Å²) < 4.78 is 0.995. The Hall–Kier alpha value is -1.36. The molecule has 0 spiro atoms. The molecule has 1 heterocycles. The fourth-order valence-electron chi connectivity index (χ4n) is 2.48. The maximum Gasteiger partial charge on any atom is 0.245 e. The fraction of sp³-hybridized carbons (Fsp3) is 0.500. The Labute approximate surface area is 134 Å². The summed E-state index contributed by atoms with van der Waals surface area (Å²) in [6.07, 6.45) is 1.23. The number of hydrogen-bond acceptors (Lipinski definition) is 2. The third-order valence-corrected chi connectivity index (χ3v) is 4.47. The molecule has 1 fully saturated rings. The van der Waals surface area contributed by atoms with Gasteiger partial charge in [0.25, 0.3) is 0 Å². The van der Waals surface area contributed by atoms with Crippen molar-refractivity contribution in [2.75, 3.05) is 6.54 Å². The van der Waals surface area contributed by atoms with Gasteiger partial charge in [-0.2, -0.15) is 0 Å². The molecule has 1 aromatic rings. The van der Waals surface area contributed by atoms with Gasteiger partial charge in [-0.3, -0.25) is 9.59 Å². The minimum atomic E-state index is -0.405. The molecule has 0 saturated carbocycles. The van der Waals surface area contributed by atoms with Crippen molar-refractivity contribution in [3.05, 3.63) is 34.3 Å². The van der Waals surface area contributed by atoms with Crippen LogP contribution < -0.4 is 5.32 Å².